The zero-order valence-electron chi connectivity index (χ0n) is 45.7. The van der Waals surface area contributed by atoms with Crippen LogP contribution in [-0.4, -0.2) is 197 Å². The first-order valence-corrected chi connectivity index (χ1v) is 28.7. The van der Waals surface area contributed by atoms with Crippen molar-refractivity contribution in [3.05, 3.63) is 35.9 Å². The number of nitrogens with zero attached hydrogens (tertiary/aromatic N) is 3. The van der Waals surface area contributed by atoms with Gasteiger partial charge in [0, 0.05) is 26.1 Å². The van der Waals surface area contributed by atoms with Gasteiger partial charge in [-0.25, -0.2) is 4.79 Å². The molecule has 0 unspecified atom stereocenters. The third-order valence-corrected chi connectivity index (χ3v) is 14.6. The summed E-state index contributed by atoms with van der Waals surface area (Å²) >= 11 is 1.44. The van der Waals surface area contributed by atoms with Gasteiger partial charge in [-0.1, -0.05) is 44.2 Å². The number of aliphatic hydroxyl groups excluding tert-OH is 1. The average Bonchev–Trinajstić information content (AvgIpc) is 4.32. The Morgan fingerprint density at radius 2 is 1.28 bits per heavy atom. The Hall–Kier alpha value is -6.58. The van der Waals surface area contributed by atoms with Crippen LogP contribution in [0.1, 0.15) is 103 Å². The molecule has 440 valence electrons. The lowest BCUT2D eigenvalue weighted by molar-refractivity contribution is -0.145. The lowest BCUT2D eigenvalue weighted by Gasteiger charge is -2.31. The third kappa shape index (κ3) is 21.2. The minimum Gasteiger partial charge on any atom is -0.480 e. The fourth-order valence-corrected chi connectivity index (χ4v) is 10.2. The quantitative estimate of drug-likeness (QED) is 0.0190. The number of aliphatic hydroxyl groups is 1. The topological polar surface area (TPSA) is 404 Å². The van der Waals surface area contributed by atoms with Gasteiger partial charge in [0.25, 0.3) is 0 Å². The average molecular weight is 1130 g/mol. The predicted molar refractivity (Wildman–Crippen MR) is 295 cm³/mol. The Morgan fingerprint density at radius 1 is 0.696 bits per heavy atom. The smallest absolute Gasteiger partial charge is 0.326 e. The number of aliphatic carboxylic acids is 1. The molecule has 3 aliphatic heterocycles. The van der Waals surface area contributed by atoms with E-state index in [9.17, 15) is 58.2 Å². The van der Waals surface area contributed by atoms with Crippen LogP contribution in [0.4, 0.5) is 0 Å². The number of carbonyl (C=O) groups is 10. The molecule has 0 spiro atoms. The molecular weight excluding hydrogens is 1040 g/mol. The normalized spacial score (nSPS) is 19.2. The van der Waals surface area contributed by atoms with Crippen LogP contribution in [0.2, 0.25) is 0 Å². The highest BCUT2D eigenvalue weighted by atomic mass is 32.2. The van der Waals surface area contributed by atoms with Gasteiger partial charge in [-0.15, -0.1) is 0 Å². The first-order chi connectivity index (χ1) is 37.8. The van der Waals surface area contributed by atoms with E-state index in [1.54, 1.807) is 30.3 Å². The van der Waals surface area contributed by atoms with Crippen LogP contribution in [0.5, 0.6) is 0 Å². The first-order valence-electron chi connectivity index (χ1n) is 27.3. The molecule has 1 aromatic rings. The highest BCUT2D eigenvalue weighted by Gasteiger charge is 2.41. The van der Waals surface area contributed by atoms with E-state index in [-0.39, 0.29) is 82.5 Å². The SMILES string of the molecule is CSCC[C@H](NC(=O)[C@@H]1CCCN1C(=O)CNC(=O)[C@H](CCCCN)NC(=O)[C@H](CO)NC(=O)[C@H](CC(C)C)NC(=O)[C@H](CCCN=C(N)N)NC(=O)[C@@H]1CCCN1)C(=O)N1CCC[C@H]1C(=O)N[C@@H](Cc1ccccc1)C(=O)O. The van der Waals surface area contributed by atoms with Gasteiger partial charge in [0.1, 0.15) is 48.3 Å². The van der Waals surface area contributed by atoms with Gasteiger partial charge >= 0.3 is 5.97 Å². The van der Waals surface area contributed by atoms with Crippen molar-refractivity contribution in [2.24, 2.45) is 28.1 Å². The zero-order chi connectivity index (χ0) is 58.0. The molecule has 0 saturated carbocycles. The molecular formula is C52H84N14O12S. The van der Waals surface area contributed by atoms with Gasteiger partial charge in [0.2, 0.25) is 53.2 Å². The zero-order valence-corrected chi connectivity index (χ0v) is 46.5. The van der Waals surface area contributed by atoms with Gasteiger partial charge in [-0.3, -0.25) is 48.1 Å². The number of unbranched alkanes of at least 4 members (excludes halogenated alkanes) is 1. The Bertz CT molecular complexity index is 2250. The number of carboxylic acid groups (broad SMARTS) is 1. The van der Waals surface area contributed by atoms with Gasteiger partial charge in [0.15, 0.2) is 5.96 Å². The molecule has 9 atom stereocenters. The van der Waals surface area contributed by atoms with Crippen molar-refractivity contribution in [3.8, 4) is 0 Å². The van der Waals surface area contributed by atoms with Gasteiger partial charge in [-0.2, -0.15) is 11.8 Å². The van der Waals surface area contributed by atoms with Crippen LogP contribution < -0.4 is 59.7 Å². The number of guanidine groups is 1. The van der Waals surface area contributed by atoms with Crippen LogP contribution in [0.25, 0.3) is 0 Å². The summed E-state index contributed by atoms with van der Waals surface area (Å²) in [7, 11) is 0. The predicted octanol–water partition coefficient (Wildman–Crippen LogP) is -2.95. The van der Waals surface area contributed by atoms with E-state index < -0.39 is 121 Å². The fourth-order valence-electron chi connectivity index (χ4n) is 9.74. The summed E-state index contributed by atoms with van der Waals surface area (Å²) in [5.41, 5.74) is 17.3. The second kappa shape index (κ2) is 33.8. The lowest BCUT2D eigenvalue weighted by atomic mass is 10.0. The number of nitrogens with one attached hydrogen (secondary N) is 8. The monoisotopic (exact) mass is 1130 g/mol. The summed E-state index contributed by atoms with van der Waals surface area (Å²) in [5, 5.41) is 41.9. The number of thioether (sulfide) groups is 1. The lowest BCUT2D eigenvalue weighted by Crippen LogP contribution is -2.60. The number of carbonyl (C=O) groups excluding carboxylic acids is 9. The van der Waals surface area contributed by atoms with E-state index in [0.717, 1.165) is 6.42 Å². The van der Waals surface area contributed by atoms with Crippen molar-refractivity contribution < 1.29 is 58.2 Å². The summed E-state index contributed by atoms with van der Waals surface area (Å²) in [4.78, 5) is 143. The first kappa shape index (κ1) is 64.9. The molecule has 3 saturated heterocycles. The van der Waals surface area contributed by atoms with Crippen LogP contribution in [-0.2, 0) is 54.4 Å². The number of likely N-dealkylation sites (tertiary alicyclic amines) is 2. The molecule has 0 aromatic heterocycles. The van der Waals surface area contributed by atoms with Crippen molar-refractivity contribution in [3.63, 3.8) is 0 Å². The minimum absolute atomic E-state index is 0.0361. The van der Waals surface area contributed by atoms with Crippen LogP contribution in [0.15, 0.2) is 35.3 Å². The summed E-state index contributed by atoms with van der Waals surface area (Å²) in [6.45, 7) is 3.63. The fraction of sp³-hybridized carbons (Fsp3) is 0.673. The van der Waals surface area contributed by atoms with Crippen molar-refractivity contribution in [2.75, 3.05) is 57.9 Å². The highest BCUT2D eigenvalue weighted by Crippen LogP contribution is 2.23. The van der Waals surface area contributed by atoms with Gasteiger partial charge in [0.05, 0.1) is 19.2 Å². The van der Waals surface area contributed by atoms with E-state index >= 15 is 0 Å². The van der Waals surface area contributed by atoms with E-state index in [2.05, 4.69) is 47.5 Å². The van der Waals surface area contributed by atoms with Crippen LogP contribution in [0.3, 0.4) is 0 Å². The second-order valence-electron chi connectivity index (χ2n) is 20.5. The Balaban J connectivity index is 1.38. The number of amides is 9. The van der Waals surface area contributed by atoms with Gasteiger partial charge < -0.3 is 79.7 Å². The minimum atomic E-state index is -1.59. The summed E-state index contributed by atoms with van der Waals surface area (Å²) in [5.74, 6) is -6.96. The van der Waals surface area contributed by atoms with Gasteiger partial charge in [-0.05, 0) is 120 Å². The molecule has 79 heavy (non-hydrogen) atoms. The molecule has 16 N–H and O–H groups in total. The highest BCUT2D eigenvalue weighted by molar-refractivity contribution is 7.98. The van der Waals surface area contributed by atoms with E-state index in [1.807, 2.05) is 20.1 Å². The molecule has 4 rings (SSSR count). The maximum absolute atomic E-state index is 14.2. The van der Waals surface area contributed by atoms with Crippen molar-refractivity contribution >= 4 is 76.9 Å². The molecule has 0 aliphatic carbocycles. The van der Waals surface area contributed by atoms with Crippen molar-refractivity contribution in [2.45, 2.75) is 158 Å². The number of hydrogen-bond donors (Lipinski definition) is 13. The molecule has 26 nitrogen and oxygen atoms in total. The molecule has 27 heteroatoms. The van der Waals surface area contributed by atoms with Crippen LogP contribution in [0, 0.1) is 5.92 Å². The van der Waals surface area contributed by atoms with Crippen LogP contribution >= 0.6 is 11.8 Å². The summed E-state index contributed by atoms with van der Waals surface area (Å²) in [6.07, 6.45) is 6.36. The standard InChI is InChI=1S/C52H84N14O12S/c1-31(2)27-37(62-45(71)35(17-10-23-57-52(54)55)60-44(70)33-16-9-22-56-33)46(72)64-39(30-67)47(73)59-34(15-7-8-21-53)43(69)58-29-42(68)65-24-11-18-40(65)48(74)61-36(20-26-79-3)50(76)66-25-12-19-41(66)49(75)63-38(51(77)78)28-32-13-5-4-6-14-32/h4-6,13-14,31,33-41,56,67H,7-12,15-30,53H2,1-3H3,(H,58,69)(H,59,73)(H,60,70)(H,61,74)(H,62,71)(H,63,75)(H,64,72)(H,77,78)(H4,54,55,57)/t33-,34-,35-,36-,37-,38-,39-,40-,41-/m0/s1. The number of rotatable bonds is 33. The Labute approximate surface area is 465 Å². The summed E-state index contributed by atoms with van der Waals surface area (Å²) < 4.78 is 0. The molecule has 3 aliphatic rings. The Morgan fingerprint density at radius 3 is 1.89 bits per heavy atom. The molecule has 1 aromatic carbocycles. The molecule has 0 radical (unpaired) electrons. The molecule has 3 fully saturated rings. The maximum atomic E-state index is 14.2. The number of hydrogen-bond acceptors (Lipinski definition) is 15. The molecule has 9 amide bonds. The summed E-state index contributed by atoms with van der Waals surface area (Å²) in [6, 6.07) is -1.09. The number of carboxylic acids is 1. The number of benzene rings is 1. The largest absolute Gasteiger partial charge is 0.480 e. The third-order valence-electron chi connectivity index (χ3n) is 13.9. The van der Waals surface area contributed by atoms with Crippen molar-refractivity contribution in [1.29, 1.82) is 0 Å². The number of aliphatic imine (C=N–C) groups is 1. The van der Waals surface area contributed by atoms with Crippen molar-refractivity contribution in [1.82, 2.24) is 52.3 Å². The van der Waals surface area contributed by atoms with E-state index in [0.29, 0.717) is 62.8 Å². The molecule has 3 heterocycles. The number of nitrogens with two attached hydrogens (primary N) is 3. The maximum Gasteiger partial charge on any atom is 0.326 e. The Kier molecular flexibility index (Phi) is 27.8. The second-order valence-corrected chi connectivity index (χ2v) is 21.5. The van der Waals surface area contributed by atoms with E-state index in [1.165, 1.54) is 21.6 Å². The molecule has 0 bridgehead atoms. The van der Waals surface area contributed by atoms with E-state index in [4.69, 9.17) is 17.2 Å².